The summed E-state index contributed by atoms with van der Waals surface area (Å²) in [4.78, 5) is 35.6. The van der Waals surface area contributed by atoms with Gasteiger partial charge in [-0.05, 0) is 30.3 Å². The van der Waals surface area contributed by atoms with Crippen LogP contribution in [-0.2, 0) is 0 Å². The molecule has 1 amide bonds. The van der Waals surface area contributed by atoms with Crippen molar-refractivity contribution in [2.45, 2.75) is 0 Å². The first-order chi connectivity index (χ1) is 14.4. The molecule has 0 saturated heterocycles. The molecule has 0 radical (unpaired) electrons. The first-order valence-corrected chi connectivity index (χ1v) is 8.78. The summed E-state index contributed by atoms with van der Waals surface area (Å²) in [6.07, 6.45) is 1.35. The van der Waals surface area contributed by atoms with E-state index >= 15 is 0 Å². The van der Waals surface area contributed by atoms with Crippen LogP contribution in [-0.4, -0.2) is 28.4 Å². The molecule has 0 saturated carbocycles. The van der Waals surface area contributed by atoms with Gasteiger partial charge in [-0.1, -0.05) is 18.2 Å². The number of benzene rings is 2. The molecule has 2 N–H and O–H groups in total. The van der Waals surface area contributed by atoms with E-state index in [2.05, 4.69) is 0 Å². The topological polar surface area (TPSA) is 131 Å². The Morgan fingerprint density at radius 1 is 1.13 bits per heavy atom. The number of furan rings is 1. The van der Waals surface area contributed by atoms with E-state index in [0.29, 0.717) is 16.7 Å². The zero-order valence-electron chi connectivity index (χ0n) is 15.7. The predicted octanol–water partition coefficient (Wildman–Crippen LogP) is 3.61. The SMILES string of the molecule is COc1ccc(-c2ccc(C(=O)n3cc(C(N)=O)c4ccccc43)o2)c([N+](=O)[O-])c1. The molecule has 0 bridgehead atoms. The third kappa shape index (κ3) is 3.08. The Bertz CT molecular complexity index is 1320. The third-order valence-corrected chi connectivity index (χ3v) is 4.68. The molecular weight excluding hydrogens is 390 g/mol. The van der Waals surface area contributed by atoms with Gasteiger partial charge in [0, 0.05) is 11.6 Å². The van der Waals surface area contributed by atoms with Crippen molar-refractivity contribution in [3.05, 3.63) is 82.2 Å². The maximum atomic E-state index is 13.0. The van der Waals surface area contributed by atoms with E-state index in [1.165, 1.54) is 42.1 Å². The second-order valence-electron chi connectivity index (χ2n) is 6.40. The minimum absolute atomic E-state index is 0.0492. The molecule has 0 spiro atoms. The highest BCUT2D eigenvalue weighted by Gasteiger charge is 2.23. The number of primary amides is 1. The standard InChI is InChI=1S/C21H15N3O6/c1-29-12-6-7-14(17(10-12)24(27)28)18-8-9-19(30-18)21(26)23-11-15(20(22)25)13-4-2-3-5-16(13)23/h2-11H,1H3,(H2,22,25). The molecule has 0 atom stereocenters. The molecule has 0 unspecified atom stereocenters. The number of nitro groups is 1. The largest absolute Gasteiger partial charge is 0.497 e. The van der Waals surface area contributed by atoms with Crippen LogP contribution in [0.5, 0.6) is 5.75 Å². The van der Waals surface area contributed by atoms with Crippen molar-refractivity contribution in [1.82, 2.24) is 4.57 Å². The van der Waals surface area contributed by atoms with Gasteiger partial charge in [-0.3, -0.25) is 24.3 Å². The van der Waals surface area contributed by atoms with Crippen LogP contribution in [0.2, 0.25) is 0 Å². The molecule has 30 heavy (non-hydrogen) atoms. The lowest BCUT2D eigenvalue weighted by atomic mass is 10.1. The van der Waals surface area contributed by atoms with Gasteiger partial charge in [0.2, 0.25) is 0 Å². The average Bonchev–Trinajstić information content (AvgIpc) is 3.38. The Labute approximate surface area is 169 Å². The lowest BCUT2D eigenvalue weighted by Crippen LogP contribution is -2.12. The zero-order valence-corrected chi connectivity index (χ0v) is 15.7. The number of hydrogen-bond acceptors (Lipinski definition) is 6. The Morgan fingerprint density at radius 3 is 2.60 bits per heavy atom. The van der Waals surface area contributed by atoms with E-state index in [0.717, 1.165) is 0 Å². The summed E-state index contributed by atoms with van der Waals surface area (Å²) in [6.45, 7) is 0. The quantitative estimate of drug-likeness (QED) is 0.399. The van der Waals surface area contributed by atoms with Crippen LogP contribution in [0.4, 0.5) is 5.69 Å². The lowest BCUT2D eigenvalue weighted by molar-refractivity contribution is -0.384. The number of carbonyl (C=O) groups excluding carboxylic acids is 2. The number of nitrogens with zero attached hydrogens (tertiary/aromatic N) is 2. The Morgan fingerprint density at radius 2 is 1.90 bits per heavy atom. The minimum atomic E-state index is -0.660. The Hall–Kier alpha value is -4.40. The van der Waals surface area contributed by atoms with Crippen LogP contribution in [0.3, 0.4) is 0 Å². The fourth-order valence-corrected chi connectivity index (χ4v) is 3.26. The zero-order chi connectivity index (χ0) is 21.4. The molecule has 9 nitrogen and oxygen atoms in total. The first kappa shape index (κ1) is 18.9. The third-order valence-electron chi connectivity index (χ3n) is 4.68. The van der Waals surface area contributed by atoms with E-state index in [9.17, 15) is 19.7 Å². The second-order valence-corrected chi connectivity index (χ2v) is 6.40. The van der Waals surface area contributed by atoms with Gasteiger partial charge in [0.1, 0.15) is 11.5 Å². The van der Waals surface area contributed by atoms with Crippen molar-refractivity contribution in [2.75, 3.05) is 7.11 Å². The smallest absolute Gasteiger partial charge is 0.298 e. The van der Waals surface area contributed by atoms with Crippen LogP contribution in [0, 0.1) is 10.1 Å². The summed E-state index contributed by atoms with van der Waals surface area (Å²) in [6, 6.07) is 14.0. The number of fused-ring (bicyclic) bond motifs is 1. The number of nitro benzene ring substituents is 1. The monoisotopic (exact) mass is 405 g/mol. The number of ether oxygens (including phenoxy) is 1. The van der Waals surface area contributed by atoms with Gasteiger partial charge in [0.05, 0.1) is 34.7 Å². The molecule has 0 aliphatic rings. The molecule has 0 aliphatic heterocycles. The average molecular weight is 405 g/mol. The molecule has 4 rings (SSSR count). The number of amides is 1. The number of hydrogen-bond donors (Lipinski definition) is 1. The fraction of sp³-hybridized carbons (Fsp3) is 0.0476. The van der Waals surface area contributed by atoms with E-state index < -0.39 is 16.7 Å². The van der Waals surface area contributed by atoms with Gasteiger partial charge in [0.25, 0.3) is 17.5 Å². The number of methoxy groups -OCH3 is 1. The normalized spacial score (nSPS) is 10.8. The predicted molar refractivity (Wildman–Crippen MR) is 108 cm³/mol. The molecule has 2 heterocycles. The summed E-state index contributed by atoms with van der Waals surface area (Å²) in [5.74, 6) is -0.773. The van der Waals surface area contributed by atoms with Gasteiger partial charge >= 0.3 is 0 Å². The highest BCUT2D eigenvalue weighted by Crippen LogP contribution is 2.34. The van der Waals surface area contributed by atoms with Gasteiger partial charge in [0.15, 0.2) is 5.76 Å². The maximum absolute atomic E-state index is 13.0. The summed E-state index contributed by atoms with van der Waals surface area (Å²) in [5.41, 5.74) is 6.10. The van der Waals surface area contributed by atoms with E-state index in [1.54, 1.807) is 30.3 Å². The summed E-state index contributed by atoms with van der Waals surface area (Å²) in [5, 5.41) is 12.0. The fourth-order valence-electron chi connectivity index (χ4n) is 3.26. The van der Waals surface area contributed by atoms with Crippen LogP contribution < -0.4 is 10.5 Å². The summed E-state index contributed by atoms with van der Waals surface area (Å²) >= 11 is 0. The van der Waals surface area contributed by atoms with E-state index in [4.69, 9.17) is 14.9 Å². The molecule has 0 aliphatic carbocycles. The highest BCUT2D eigenvalue weighted by atomic mass is 16.6. The minimum Gasteiger partial charge on any atom is -0.497 e. The molecule has 9 heteroatoms. The van der Waals surface area contributed by atoms with Gasteiger partial charge in [-0.25, -0.2) is 0 Å². The number of carbonyl (C=O) groups is 2. The Kier molecular flexibility index (Phi) is 4.55. The van der Waals surface area contributed by atoms with Crippen molar-refractivity contribution in [1.29, 1.82) is 0 Å². The lowest BCUT2D eigenvalue weighted by Gasteiger charge is -2.04. The van der Waals surface area contributed by atoms with Gasteiger partial charge in [-0.2, -0.15) is 0 Å². The molecule has 2 aromatic carbocycles. The van der Waals surface area contributed by atoms with Crippen molar-refractivity contribution >= 4 is 28.4 Å². The van der Waals surface area contributed by atoms with Crippen LogP contribution >= 0.6 is 0 Å². The number of nitrogens with two attached hydrogens (primary N) is 1. The number of rotatable bonds is 5. The second kappa shape index (κ2) is 7.21. The number of para-hydroxylation sites is 1. The molecule has 150 valence electrons. The first-order valence-electron chi connectivity index (χ1n) is 8.78. The molecule has 0 fully saturated rings. The van der Waals surface area contributed by atoms with Gasteiger partial charge in [-0.15, -0.1) is 0 Å². The van der Waals surface area contributed by atoms with Crippen LogP contribution in [0.1, 0.15) is 20.9 Å². The Balaban J connectivity index is 1.78. The molecule has 4 aromatic rings. The number of aromatic nitrogens is 1. The van der Waals surface area contributed by atoms with Gasteiger partial charge < -0.3 is 14.9 Å². The summed E-state index contributed by atoms with van der Waals surface area (Å²) < 4.78 is 11.9. The molecule has 2 aromatic heterocycles. The van der Waals surface area contributed by atoms with E-state index in [1.807, 2.05) is 0 Å². The highest BCUT2D eigenvalue weighted by molar-refractivity contribution is 6.10. The van der Waals surface area contributed by atoms with Crippen molar-refractivity contribution in [2.24, 2.45) is 5.73 Å². The van der Waals surface area contributed by atoms with E-state index in [-0.39, 0.29) is 28.3 Å². The maximum Gasteiger partial charge on any atom is 0.298 e. The van der Waals surface area contributed by atoms with Crippen LogP contribution in [0.25, 0.3) is 22.2 Å². The summed E-state index contributed by atoms with van der Waals surface area (Å²) in [7, 11) is 1.41. The van der Waals surface area contributed by atoms with Crippen molar-refractivity contribution in [3.8, 4) is 17.1 Å². The van der Waals surface area contributed by atoms with Crippen LogP contribution in [0.15, 0.2) is 65.2 Å². The molecular formula is C21H15N3O6. The van der Waals surface area contributed by atoms with Crippen molar-refractivity contribution in [3.63, 3.8) is 0 Å². The van der Waals surface area contributed by atoms with Crippen molar-refractivity contribution < 1.29 is 23.7 Å².